The van der Waals surface area contributed by atoms with Crippen molar-refractivity contribution in [2.75, 3.05) is 12.0 Å². The lowest BCUT2D eigenvalue weighted by Crippen LogP contribution is -2.27. The van der Waals surface area contributed by atoms with E-state index >= 15 is 0 Å². The van der Waals surface area contributed by atoms with E-state index in [4.69, 9.17) is 17.0 Å². The lowest BCUT2D eigenvalue weighted by molar-refractivity contribution is -0.385. The van der Waals surface area contributed by atoms with Crippen molar-refractivity contribution in [1.82, 2.24) is 0 Å². The van der Waals surface area contributed by atoms with Gasteiger partial charge in [0.15, 0.2) is 10.1 Å². The summed E-state index contributed by atoms with van der Waals surface area (Å²) in [4.78, 5) is 35.1. The van der Waals surface area contributed by atoms with Crippen molar-refractivity contribution in [3.63, 3.8) is 0 Å². The van der Waals surface area contributed by atoms with E-state index in [0.29, 0.717) is 11.3 Å². The number of hydrogen-bond donors (Lipinski definition) is 0. The molecule has 142 valence electrons. The average molecular weight is 417 g/mol. The Kier molecular flexibility index (Phi) is 5.38. The molecule has 2 aromatic rings. The first-order valence-electron chi connectivity index (χ1n) is 7.66. The smallest absolute Gasteiger partial charge is 0.311 e. The number of carbonyl (C=O) groups is 1. The third kappa shape index (κ3) is 3.70. The molecule has 1 amide bonds. The fraction of sp³-hybridized carbons (Fsp3) is 0.0588. The van der Waals surface area contributed by atoms with Gasteiger partial charge < -0.3 is 4.74 Å². The molecule has 0 saturated carbocycles. The standard InChI is InChI=1S/C17H11N3O6S2/c1-26-14-7-2-10(8-13(14)20(24)25)9-15-16(21)18(17(27)28-15)11-3-5-12(6-4-11)19(22)23/h2-9H,1H3/b15-9-. The molecule has 3 rings (SSSR count). The van der Waals surface area contributed by atoms with Gasteiger partial charge in [-0.1, -0.05) is 30.0 Å². The number of carbonyl (C=O) groups excluding carboxylic acids is 1. The predicted octanol–water partition coefficient (Wildman–Crippen LogP) is 3.92. The van der Waals surface area contributed by atoms with E-state index in [1.165, 1.54) is 54.5 Å². The second kappa shape index (κ2) is 7.74. The first-order valence-corrected chi connectivity index (χ1v) is 8.89. The second-order valence-electron chi connectivity index (χ2n) is 5.48. The zero-order chi connectivity index (χ0) is 20.4. The molecule has 1 heterocycles. The van der Waals surface area contributed by atoms with Gasteiger partial charge in [0.05, 0.1) is 27.5 Å². The number of hydrogen-bond acceptors (Lipinski definition) is 8. The average Bonchev–Trinajstić information content (AvgIpc) is 2.95. The normalized spacial score (nSPS) is 15.2. The first kappa shape index (κ1) is 19.5. The number of rotatable bonds is 5. The van der Waals surface area contributed by atoms with E-state index < -0.39 is 15.8 Å². The van der Waals surface area contributed by atoms with Crippen LogP contribution < -0.4 is 9.64 Å². The van der Waals surface area contributed by atoms with Gasteiger partial charge in [-0.05, 0) is 29.8 Å². The summed E-state index contributed by atoms with van der Waals surface area (Å²) >= 11 is 6.29. The molecule has 2 aromatic carbocycles. The van der Waals surface area contributed by atoms with Crippen LogP contribution >= 0.6 is 24.0 Å². The molecule has 0 aliphatic carbocycles. The number of ether oxygens (including phenoxy) is 1. The Morgan fingerprint density at radius 2 is 1.79 bits per heavy atom. The van der Waals surface area contributed by atoms with Gasteiger partial charge in [0, 0.05) is 18.2 Å². The van der Waals surface area contributed by atoms with Crippen LogP contribution in [0.3, 0.4) is 0 Å². The highest BCUT2D eigenvalue weighted by atomic mass is 32.2. The van der Waals surface area contributed by atoms with Gasteiger partial charge in [-0.25, -0.2) is 0 Å². The van der Waals surface area contributed by atoms with Crippen LogP contribution in [0.4, 0.5) is 17.1 Å². The molecule has 0 bridgehead atoms. The number of benzene rings is 2. The summed E-state index contributed by atoms with van der Waals surface area (Å²) in [6.45, 7) is 0. The van der Waals surface area contributed by atoms with Gasteiger partial charge in [-0.2, -0.15) is 0 Å². The van der Waals surface area contributed by atoms with Crippen LogP contribution in [0.1, 0.15) is 5.56 Å². The van der Waals surface area contributed by atoms with Crippen LogP contribution in [-0.4, -0.2) is 27.2 Å². The number of nitro groups is 2. The Labute approximate surface area is 167 Å². The number of thioether (sulfide) groups is 1. The van der Waals surface area contributed by atoms with Crippen molar-refractivity contribution in [2.24, 2.45) is 0 Å². The Balaban J connectivity index is 1.92. The van der Waals surface area contributed by atoms with Gasteiger partial charge in [0.25, 0.3) is 11.6 Å². The van der Waals surface area contributed by atoms with E-state index in [2.05, 4.69) is 0 Å². The molecule has 1 aliphatic rings. The minimum absolute atomic E-state index is 0.102. The fourth-order valence-electron chi connectivity index (χ4n) is 2.50. The zero-order valence-corrected chi connectivity index (χ0v) is 15.9. The highest BCUT2D eigenvalue weighted by molar-refractivity contribution is 8.27. The molecule has 1 aliphatic heterocycles. The van der Waals surface area contributed by atoms with Crippen molar-refractivity contribution in [1.29, 1.82) is 0 Å². The van der Waals surface area contributed by atoms with Crippen LogP contribution in [0, 0.1) is 20.2 Å². The lowest BCUT2D eigenvalue weighted by Gasteiger charge is -2.13. The predicted molar refractivity (Wildman–Crippen MR) is 108 cm³/mol. The maximum absolute atomic E-state index is 12.7. The molecule has 0 atom stereocenters. The molecule has 1 saturated heterocycles. The van der Waals surface area contributed by atoms with Crippen LogP contribution in [0.2, 0.25) is 0 Å². The number of nitrogens with zero attached hydrogens (tertiary/aromatic N) is 3. The number of amides is 1. The molecule has 0 radical (unpaired) electrons. The number of non-ortho nitro benzene ring substituents is 1. The molecule has 0 aromatic heterocycles. The molecular weight excluding hydrogens is 406 g/mol. The second-order valence-corrected chi connectivity index (χ2v) is 7.15. The Morgan fingerprint density at radius 1 is 1.11 bits per heavy atom. The van der Waals surface area contributed by atoms with Crippen LogP contribution in [0.5, 0.6) is 5.75 Å². The molecule has 0 unspecified atom stereocenters. The number of methoxy groups -OCH3 is 1. The van der Waals surface area contributed by atoms with E-state index in [-0.39, 0.29) is 26.3 Å². The SMILES string of the molecule is COc1ccc(/C=C2\SC(=S)N(c3ccc([N+](=O)[O-])cc3)C2=O)cc1[N+](=O)[O-]. The van der Waals surface area contributed by atoms with E-state index in [9.17, 15) is 25.0 Å². The third-order valence-electron chi connectivity index (χ3n) is 3.81. The maximum Gasteiger partial charge on any atom is 0.311 e. The summed E-state index contributed by atoms with van der Waals surface area (Å²) in [5, 5.41) is 21.9. The Morgan fingerprint density at radius 3 is 2.36 bits per heavy atom. The van der Waals surface area contributed by atoms with E-state index in [1.807, 2.05) is 0 Å². The molecule has 1 fully saturated rings. The molecule has 0 spiro atoms. The lowest BCUT2D eigenvalue weighted by atomic mass is 10.1. The van der Waals surface area contributed by atoms with Crippen molar-refractivity contribution in [3.05, 3.63) is 73.2 Å². The fourth-order valence-corrected chi connectivity index (χ4v) is 3.80. The largest absolute Gasteiger partial charge is 0.490 e. The summed E-state index contributed by atoms with van der Waals surface area (Å²) in [5.74, 6) is -0.303. The van der Waals surface area contributed by atoms with Crippen molar-refractivity contribution >= 4 is 57.3 Å². The monoisotopic (exact) mass is 417 g/mol. The quantitative estimate of drug-likeness (QED) is 0.311. The third-order valence-corrected chi connectivity index (χ3v) is 5.11. The van der Waals surface area contributed by atoms with Crippen LogP contribution in [0.15, 0.2) is 47.4 Å². The van der Waals surface area contributed by atoms with E-state index in [0.717, 1.165) is 11.8 Å². The van der Waals surface area contributed by atoms with Gasteiger partial charge in [0.2, 0.25) is 0 Å². The summed E-state index contributed by atoms with van der Waals surface area (Å²) in [6, 6.07) is 9.77. The minimum atomic E-state index is -0.571. The Bertz CT molecular complexity index is 1040. The number of thiocarbonyl (C=S) groups is 1. The van der Waals surface area contributed by atoms with Gasteiger partial charge in [-0.15, -0.1) is 0 Å². The Hall–Kier alpha value is -3.31. The summed E-state index contributed by atoms with van der Waals surface area (Å²) in [5.41, 5.74) is 0.520. The minimum Gasteiger partial charge on any atom is -0.490 e. The maximum atomic E-state index is 12.7. The summed E-state index contributed by atoms with van der Waals surface area (Å²) in [7, 11) is 1.33. The molecule has 28 heavy (non-hydrogen) atoms. The molecule has 9 nitrogen and oxygen atoms in total. The van der Waals surface area contributed by atoms with Gasteiger partial charge in [0.1, 0.15) is 0 Å². The van der Waals surface area contributed by atoms with Gasteiger partial charge in [-0.3, -0.25) is 29.9 Å². The molecule has 11 heteroatoms. The van der Waals surface area contributed by atoms with E-state index in [1.54, 1.807) is 6.07 Å². The zero-order valence-electron chi connectivity index (χ0n) is 14.2. The highest BCUT2D eigenvalue weighted by Crippen LogP contribution is 2.37. The number of nitro benzene ring substituents is 2. The number of anilines is 1. The van der Waals surface area contributed by atoms with Crippen molar-refractivity contribution in [3.8, 4) is 5.75 Å². The van der Waals surface area contributed by atoms with Crippen LogP contribution in [0.25, 0.3) is 6.08 Å². The van der Waals surface area contributed by atoms with Crippen molar-refractivity contribution < 1.29 is 19.4 Å². The molecule has 0 N–H and O–H groups in total. The highest BCUT2D eigenvalue weighted by Gasteiger charge is 2.33. The van der Waals surface area contributed by atoms with Gasteiger partial charge >= 0.3 is 5.69 Å². The van der Waals surface area contributed by atoms with Crippen molar-refractivity contribution in [2.45, 2.75) is 0 Å². The van der Waals surface area contributed by atoms with Crippen LogP contribution in [-0.2, 0) is 4.79 Å². The topological polar surface area (TPSA) is 116 Å². The molecular formula is C17H11N3O6S2. The summed E-state index contributed by atoms with van der Waals surface area (Å²) in [6.07, 6.45) is 1.50. The first-order chi connectivity index (χ1) is 13.3. The summed E-state index contributed by atoms with van der Waals surface area (Å²) < 4.78 is 5.22.